The lowest BCUT2D eigenvalue weighted by Gasteiger charge is -2.15. The summed E-state index contributed by atoms with van der Waals surface area (Å²) in [6, 6.07) is 12.4. The molecule has 1 N–H and O–H groups in total. The number of hydrogen-bond acceptors (Lipinski definition) is 5. The second kappa shape index (κ2) is 9.65. The van der Waals surface area contributed by atoms with E-state index in [9.17, 15) is 13.2 Å². The Labute approximate surface area is 176 Å². The summed E-state index contributed by atoms with van der Waals surface area (Å²) in [5, 5.41) is 2.90. The molecule has 0 bridgehead atoms. The van der Waals surface area contributed by atoms with Gasteiger partial charge in [0.2, 0.25) is 10.0 Å². The normalized spacial score (nSPS) is 14.7. The minimum absolute atomic E-state index is 0.192. The molecule has 0 spiro atoms. The number of nitrogens with zero attached hydrogens (tertiary/aromatic N) is 1. The van der Waals surface area contributed by atoms with E-state index >= 15 is 0 Å². The van der Waals surface area contributed by atoms with Crippen molar-refractivity contribution in [1.82, 2.24) is 9.62 Å². The van der Waals surface area contributed by atoms with Crippen LogP contribution in [0.15, 0.2) is 52.3 Å². The zero-order valence-electron chi connectivity index (χ0n) is 16.7. The topological polar surface area (TPSA) is 75.7 Å². The number of carbonyl (C=O) groups is 1. The fourth-order valence-electron chi connectivity index (χ4n) is 3.31. The molecule has 3 rings (SSSR count). The van der Waals surface area contributed by atoms with E-state index in [2.05, 4.69) is 5.32 Å². The van der Waals surface area contributed by atoms with Gasteiger partial charge in [0, 0.05) is 24.5 Å². The van der Waals surface area contributed by atoms with Crippen LogP contribution in [-0.2, 0) is 16.4 Å². The first-order valence-corrected chi connectivity index (χ1v) is 12.2. The van der Waals surface area contributed by atoms with Crippen LogP contribution < -0.4 is 10.1 Å². The summed E-state index contributed by atoms with van der Waals surface area (Å²) in [6.45, 7) is 1.64. The van der Waals surface area contributed by atoms with Gasteiger partial charge in [0.1, 0.15) is 5.75 Å². The van der Waals surface area contributed by atoms with Crippen molar-refractivity contribution in [1.29, 1.82) is 0 Å². The zero-order valence-corrected chi connectivity index (χ0v) is 18.3. The first kappa shape index (κ1) is 21.7. The van der Waals surface area contributed by atoms with Crippen LogP contribution in [0.25, 0.3) is 0 Å². The Morgan fingerprint density at radius 1 is 1.14 bits per heavy atom. The van der Waals surface area contributed by atoms with Gasteiger partial charge in [-0.15, -0.1) is 11.8 Å². The molecule has 0 saturated carbocycles. The Balaban J connectivity index is 1.57. The molecule has 0 aliphatic carbocycles. The van der Waals surface area contributed by atoms with Crippen LogP contribution in [-0.4, -0.2) is 51.6 Å². The van der Waals surface area contributed by atoms with Gasteiger partial charge in [0.25, 0.3) is 5.91 Å². The molecule has 29 heavy (non-hydrogen) atoms. The SMILES string of the molecule is COc1cc(SC)ccc1C(=O)NCCc1ccc(S(=O)(=O)N2CCCC2)cc1. The molecule has 1 saturated heterocycles. The average Bonchev–Trinajstić information content (AvgIpc) is 3.29. The van der Waals surface area contributed by atoms with E-state index in [4.69, 9.17) is 4.74 Å². The summed E-state index contributed by atoms with van der Waals surface area (Å²) >= 11 is 1.59. The number of thioether (sulfide) groups is 1. The number of ether oxygens (including phenoxy) is 1. The zero-order chi connectivity index (χ0) is 20.9. The molecule has 1 aliphatic heterocycles. The second-order valence-electron chi connectivity index (χ2n) is 6.83. The lowest BCUT2D eigenvalue weighted by molar-refractivity contribution is 0.0951. The number of hydrogen-bond donors (Lipinski definition) is 1. The number of sulfonamides is 1. The molecule has 1 fully saturated rings. The van der Waals surface area contributed by atoms with Gasteiger partial charge in [-0.3, -0.25) is 4.79 Å². The first-order chi connectivity index (χ1) is 14.0. The summed E-state index contributed by atoms with van der Waals surface area (Å²) in [6.07, 6.45) is 4.42. The van der Waals surface area contributed by atoms with Crippen molar-refractivity contribution in [2.24, 2.45) is 0 Å². The molecule has 2 aromatic rings. The van der Waals surface area contributed by atoms with Gasteiger partial charge >= 0.3 is 0 Å². The van der Waals surface area contributed by atoms with Gasteiger partial charge in [0.15, 0.2) is 0 Å². The summed E-state index contributed by atoms with van der Waals surface area (Å²) < 4.78 is 32.0. The molecule has 1 heterocycles. The third-order valence-corrected chi connectivity index (χ3v) is 7.62. The summed E-state index contributed by atoms with van der Waals surface area (Å²) in [4.78, 5) is 13.8. The molecule has 0 aromatic heterocycles. The van der Waals surface area contributed by atoms with Crippen LogP contribution in [0.1, 0.15) is 28.8 Å². The van der Waals surface area contributed by atoms with Crippen molar-refractivity contribution in [2.75, 3.05) is 33.0 Å². The van der Waals surface area contributed by atoms with Crippen LogP contribution in [0, 0.1) is 0 Å². The van der Waals surface area contributed by atoms with Gasteiger partial charge < -0.3 is 10.1 Å². The Morgan fingerprint density at radius 3 is 2.45 bits per heavy atom. The van der Waals surface area contributed by atoms with Crippen molar-refractivity contribution < 1.29 is 17.9 Å². The van der Waals surface area contributed by atoms with E-state index < -0.39 is 10.0 Å². The standard InChI is InChI=1S/C21H26N2O4S2/c1-27-20-15-17(28-2)7-10-19(20)21(24)22-12-11-16-5-8-18(9-6-16)29(25,26)23-13-3-4-14-23/h5-10,15H,3-4,11-14H2,1-2H3,(H,22,24). The summed E-state index contributed by atoms with van der Waals surface area (Å²) in [7, 11) is -1.84. The first-order valence-electron chi connectivity index (χ1n) is 9.55. The molecular weight excluding hydrogens is 408 g/mol. The van der Waals surface area contributed by atoms with Crippen LogP contribution >= 0.6 is 11.8 Å². The number of carbonyl (C=O) groups excluding carboxylic acids is 1. The lowest BCUT2D eigenvalue weighted by Crippen LogP contribution is -2.28. The average molecular weight is 435 g/mol. The van der Waals surface area contributed by atoms with Crippen molar-refractivity contribution >= 4 is 27.7 Å². The van der Waals surface area contributed by atoms with Gasteiger partial charge in [-0.25, -0.2) is 8.42 Å². The number of rotatable bonds is 8. The largest absolute Gasteiger partial charge is 0.496 e. The number of benzene rings is 2. The van der Waals surface area contributed by atoms with Crippen LogP contribution in [0.3, 0.4) is 0 Å². The Morgan fingerprint density at radius 2 is 1.83 bits per heavy atom. The highest BCUT2D eigenvalue weighted by Gasteiger charge is 2.26. The maximum atomic E-state index is 12.6. The summed E-state index contributed by atoms with van der Waals surface area (Å²) in [5.41, 5.74) is 1.47. The van der Waals surface area contributed by atoms with Crippen LogP contribution in [0.4, 0.5) is 0 Å². The molecular formula is C21H26N2O4S2. The lowest BCUT2D eigenvalue weighted by atomic mass is 10.1. The van der Waals surface area contributed by atoms with Crippen LogP contribution in [0.5, 0.6) is 5.75 Å². The Kier molecular flexibility index (Phi) is 7.21. The van der Waals surface area contributed by atoms with E-state index in [0.29, 0.717) is 42.3 Å². The van der Waals surface area contributed by atoms with Crippen molar-refractivity contribution in [3.05, 3.63) is 53.6 Å². The smallest absolute Gasteiger partial charge is 0.255 e. The van der Waals surface area contributed by atoms with Gasteiger partial charge in [0.05, 0.1) is 17.6 Å². The van der Waals surface area contributed by atoms with Crippen molar-refractivity contribution in [2.45, 2.75) is 29.1 Å². The number of nitrogens with one attached hydrogen (secondary N) is 1. The molecule has 156 valence electrons. The quantitative estimate of drug-likeness (QED) is 0.646. The Bertz CT molecular complexity index is 953. The fraction of sp³-hybridized carbons (Fsp3) is 0.381. The van der Waals surface area contributed by atoms with Crippen LogP contribution in [0.2, 0.25) is 0 Å². The minimum Gasteiger partial charge on any atom is -0.496 e. The molecule has 8 heteroatoms. The molecule has 1 amide bonds. The van der Waals surface area contributed by atoms with E-state index in [1.807, 2.05) is 30.5 Å². The highest BCUT2D eigenvalue weighted by molar-refractivity contribution is 7.98. The molecule has 1 aliphatic rings. The third kappa shape index (κ3) is 5.12. The Hall–Kier alpha value is -2.03. The molecule has 0 unspecified atom stereocenters. The maximum Gasteiger partial charge on any atom is 0.255 e. The number of amides is 1. The molecule has 6 nitrogen and oxygen atoms in total. The van der Waals surface area contributed by atoms with E-state index in [-0.39, 0.29) is 5.91 Å². The monoisotopic (exact) mass is 434 g/mol. The second-order valence-corrected chi connectivity index (χ2v) is 9.64. The minimum atomic E-state index is -3.39. The van der Waals surface area contributed by atoms with E-state index in [0.717, 1.165) is 23.3 Å². The van der Waals surface area contributed by atoms with E-state index in [1.54, 1.807) is 37.1 Å². The highest BCUT2D eigenvalue weighted by atomic mass is 32.2. The van der Waals surface area contributed by atoms with Crippen molar-refractivity contribution in [3.63, 3.8) is 0 Å². The maximum absolute atomic E-state index is 12.6. The number of methoxy groups -OCH3 is 1. The van der Waals surface area contributed by atoms with Gasteiger partial charge in [-0.05, 0) is 61.4 Å². The van der Waals surface area contributed by atoms with E-state index in [1.165, 1.54) is 4.31 Å². The summed E-state index contributed by atoms with van der Waals surface area (Å²) in [5.74, 6) is 0.355. The van der Waals surface area contributed by atoms with Gasteiger partial charge in [-0.1, -0.05) is 12.1 Å². The van der Waals surface area contributed by atoms with Gasteiger partial charge in [-0.2, -0.15) is 4.31 Å². The highest BCUT2D eigenvalue weighted by Crippen LogP contribution is 2.25. The third-order valence-electron chi connectivity index (χ3n) is 4.98. The molecule has 0 atom stereocenters. The fourth-order valence-corrected chi connectivity index (χ4v) is 5.25. The predicted molar refractivity (Wildman–Crippen MR) is 115 cm³/mol. The predicted octanol–water partition coefficient (Wildman–Crippen LogP) is 3.17. The van der Waals surface area contributed by atoms with Crippen molar-refractivity contribution in [3.8, 4) is 5.75 Å². The molecule has 2 aromatic carbocycles. The molecule has 0 radical (unpaired) electrons.